The maximum absolute atomic E-state index is 13.5. The summed E-state index contributed by atoms with van der Waals surface area (Å²) < 4.78 is 18.6. The Labute approximate surface area is 139 Å². The zero-order chi connectivity index (χ0) is 17.1. The molecule has 4 nitrogen and oxygen atoms in total. The number of amides is 1. The highest BCUT2D eigenvalue weighted by molar-refractivity contribution is 6.08. The molecule has 0 bridgehead atoms. The highest BCUT2D eigenvalue weighted by Crippen LogP contribution is 2.26. The largest absolute Gasteiger partial charge is 0.360 e. The lowest BCUT2D eigenvalue weighted by atomic mass is 10.1. The van der Waals surface area contributed by atoms with E-state index in [1.54, 1.807) is 19.1 Å². The molecule has 3 aromatic rings. The zero-order valence-corrected chi connectivity index (χ0v) is 13.5. The summed E-state index contributed by atoms with van der Waals surface area (Å²) in [4.78, 5) is 12.7. The molecule has 0 aliphatic heterocycles. The Balaban J connectivity index is 1.94. The first-order chi connectivity index (χ1) is 11.6. The lowest BCUT2D eigenvalue weighted by Crippen LogP contribution is -2.13. The van der Waals surface area contributed by atoms with E-state index in [1.807, 2.05) is 31.2 Å². The van der Waals surface area contributed by atoms with Gasteiger partial charge < -0.3 is 9.84 Å². The Morgan fingerprint density at radius 2 is 2.00 bits per heavy atom. The third-order valence-electron chi connectivity index (χ3n) is 3.78. The summed E-state index contributed by atoms with van der Waals surface area (Å²) in [7, 11) is 0. The second-order valence-electron chi connectivity index (χ2n) is 5.48. The number of hydrogen-bond acceptors (Lipinski definition) is 3. The topological polar surface area (TPSA) is 55.1 Å². The molecule has 0 aliphatic carbocycles. The second-order valence-corrected chi connectivity index (χ2v) is 5.48. The predicted molar refractivity (Wildman–Crippen MR) is 90.4 cm³/mol. The lowest BCUT2D eigenvalue weighted by Gasteiger charge is -2.07. The number of anilines is 1. The molecule has 2 aromatic carbocycles. The second kappa shape index (κ2) is 6.66. The van der Waals surface area contributed by atoms with Crippen molar-refractivity contribution in [3.8, 4) is 11.3 Å². The van der Waals surface area contributed by atoms with E-state index in [4.69, 9.17) is 4.52 Å². The third-order valence-corrected chi connectivity index (χ3v) is 3.78. The first-order valence-electron chi connectivity index (χ1n) is 7.71. The Bertz CT molecular complexity index is 887. The van der Waals surface area contributed by atoms with Crippen molar-refractivity contribution < 1.29 is 13.7 Å². The monoisotopic (exact) mass is 324 g/mol. The van der Waals surface area contributed by atoms with E-state index >= 15 is 0 Å². The van der Waals surface area contributed by atoms with Crippen LogP contribution in [-0.4, -0.2) is 11.1 Å². The molecule has 0 saturated heterocycles. The smallest absolute Gasteiger partial charge is 0.261 e. The van der Waals surface area contributed by atoms with Crippen LogP contribution in [0.2, 0.25) is 0 Å². The fraction of sp³-hybridized carbons (Fsp3) is 0.158. The van der Waals surface area contributed by atoms with Crippen LogP contribution in [0, 0.1) is 12.7 Å². The standard InChI is InChI=1S/C19H17FN2O2/c1-3-13-6-4-9-16(10-13)21-19(23)17-12(2)24-22-18(17)14-7-5-8-15(20)11-14/h4-11H,3H2,1-2H3,(H,21,23). The van der Waals surface area contributed by atoms with E-state index in [0.29, 0.717) is 28.3 Å². The predicted octanol–water partition coefficient (Wildman–Crippen LogP) is 4.60. The Morgan fingerprint density at radius 3 is 2.75 bits per heavy atom. The van der Waals surface area contributed by atoms with Gasteiger partial charge in [-0.05, 0) is 43.2 Å². The number of aromatic nitrogens is 1. The molecule has 0 unspecified atom stereocenters. The fourth-order valence-electron chi connectivity index (χ4n) is 2.53. The molecular weight excluding hydrogens is 307 g/mol. The van der Waals surface area contributed by atoms with Crippen LogP contribution >= 0.6 is 0 Å². The van der Waals surface area contributed by atoms with Gasteiger partial charge >= 0.3 is 0 Å². The fourth-order valence-corrected chi connectivity index (χ4v) is 2.53. The van der Waals surface area contributed by atoms with Crippen molar-refractivity contribution in [2.75, 3.05) is 5.32 Å². The Kier molecular flexibility index (Phi) is 4.42. The number of nitrogens with zero attached hydrogens (tertiary/aromatic N) is 1. The van der Waals surface area contributed by atoms with Crippen molar-refractivity contribution in [2.24, 2.45) is 0 Å². The van der Waals surface area contributed by atoms with Gasteiger partial charge in [-0.1, -0.05) is 36.3 Å². The van der Waals surface area contributed by atoms with Crippen LogP contribution in [0.4, 0.5) is 10.1 Å². The molecule has 0 atom stereocenters. The SMILES string of the molecule is CCc1cccc(NC(=O)c2c(-c3cccc(F)c3)noc2C)c1. The quantitative estimate of drug-likeness (QED) is 0.763. The molecule has 0 fully saturated rings. The van der Waals surface area contributed by atoms with Crippen LogP contribution in [-0.2, 0) is 6.42 Å². The van der Waals surface area contributed by atoms with Gasteiger partial charge in [-0.25, -0.2) is 4.39 Å². The highest BCUT2D eigenvalue weighted by atomic mass is 19.1. The molecule has 1 N–H and O–H groups in total. The van der Waals surface area contributed by atoms with Gasteiger partial charge in [0.2, 0.25) is 0 Å². The van der Waals surface area contributed by atoms with Crippen molar-refractivity contribution in [2.45, 2.75) is 20.3 Å². The van der Waals surface area contributed by atoms with E-state index in [1.165, 1.54) is 12.1 Å². The lowest BCUT2D eigenvalue weighted by molar-refractivity contribution is 0.102. The maximum Gasteiger partial charge on any atom is 0.261 e. The summed E-state index contributed by atoms with van der Waals surface area (Å²) in [5.41, 5.74) is 2.96. The molecular formula is C19H17FN2O2. The van der Waals surface area contributed by atoms with E-state index in [2.05, 4.69) is 10.5 Å². The number of carbonyl (C=O) groups is 1. The molecule has 24 heavy (non-hydrogen) atoms. The molecule has 3 rings (SSSR count). The van der Waals surface area contributed by atoms with E-state index in [9.17, 15) is 9.18 Å². The minimum absolute atomic E-state index is 0.308. The molecule has 0 aliphatic rings. The highest BCUT2D eigenvalue weighted by Gasteiger charge is 2.22. The zero-order valence-electron chi connectivity index (χ0n) is 13.5. The average Bonchev–Trinajstić information content (AvgIpc) is 2.97. The van der Waals surface area contributed by atoms with Gasteiger partial charge in [-0.3, -0.25) is 4.79 Å². The summed E-state index contributed by atoms with van der Waals surface area (Å²) in [6, 6.07) is 13.6. The molecule has 1 amide bonds. The average molecular weight is 324 g/mol. The van der Waals surface area contributed by atoms with Gasteiger partial charge in [0.25, 0.3) is 5.91 Å². The van der Waals surface area contributed by atoms with E-state index < -0.39 is 5.82 Å². The number of aryl methyl sites for hydroxylation is 2. The number of carbonyl (C=O) groups excluding carboxylic acids is 1. The molecule has 0 spiro atoms. The van der Waals surface area contributed by atoms with Crippen molar-refractivity contribution in [3.63, 3.8) is 0 Å². The van der Waals surface area contributed by atoms with Crippen molar-refractivity contribution in [3.05, 3.63) is 71.2 Å². The molecule has 0 radical (unpaired) electrons. The first kappa shape index (κ1) is 15.9. The van der Waals surface area contributed by atoms with Crippen molar-refractivity contribution >= 4 is 11.6 Å². The Hall–Kier alpha value is -2.95. The Morgan fingerprint density at radius 1 is 1.21 bits per heavy atom. The number of benzene rings is 2. The van der Waals surface area contributed by atoms with Gasteiger partial charge in [-0.2, -0.15) is 0 Å². The maximum atomic E-state index is 13.5. The van der Waals surface area contributed by atoms with E-state index in [0.717, 1.165) is 12.0 Å². The van der Waals surface area contributed by atoms with Gasteiger partial charge in [0, 0.05) is 11.3 Å². The summed E-state index contributed by atoms with van der Waals surface area (Å²) in [6.45, 7) is 3.71. The normalized spacial score (nSPS) is 10.6. The van der Waals surface area contributed by atoms with Gasteiger partial charge in [-0.15, -0.1) is 0 Å². The number of hydrogen-bond donors (Lipinski definition) is 1. The number of rotatable bonds is 4. The molecule has 1 aromatic heterocycles. The molecule has 122 valence electrons. The van der Waals surface area contributed by atoms with Gasteiger partial charge in [0.15, 0.2) is 0 Å². The van der Waals surface area contributed by atoms with Crippen LogP contribution in [0.25, 0.3) is 11.3 Å². The summed E-state index contributed by atoms with van der Waals surface area (Å²) in [5.74, 6) is -0.338. The summed E-state index contributed by atoms with van der Waals surface area (Å²) in [5, 5.41) is 6.77. The third kappa shape index (κ3) is 3.20. The molecule has 5 heteroatoms. The van der Waals surface area contributed by atoms with Crippen LogP contribution in [0.1, 0.15) is 28.6 Å². The molecule has 0 saturated carbocycles. The number of nitrogens with one attached hydrogen (secondary N) is 1. The van der Waals surface area contributed by atoms with Crippen LogP contribution < -0.4 is 5.32 Å². The minimum atomic E-state index is -0.393. The first-order valence-corrected chi connectivity index (χ1v) is 7.71. The van der Waals surface area contributed by atoms with Crippen molar-refractivity contribution in [1.29, 1.82) is 0 Å². The molecule has 1 heterocycles. The summed E-state index contributed by atoms with van der Waals surface area (Å²) >= 11 is 0. The summed E-state index contributed by atoms with van der Waals surface area (Å²) in [6.07, 6.45) is 0.880. The van der Waals surface area contributed by atoms with Crippen LogP contribution in [0.3, 0.4) is 0 Å². The van der Waals surface area contributed by atoms with E-state index in [-0.39, 0.29) is 5.91 Å². The van der Waals surface area contributed by atoms with Gasteiger partial charge in [0.05, 0.1) is 0 Å². The van der Waals surface area contributed by atoms with Crippen molar-refractivity contribution in [1.82, 2.24) is 5.16 Å². The van der Waals surface area contributed by atoms with Crippen LogP contribution in [0.15, 0.2) is 53.1 Å². The number of halogens is 1. The van der Waals surface area contributed by atoms with Gasteiger partial charge in [0.1, 0.15) is 22.8 Å². The minimum Gasteiger partial charge on any atom is -0.360 e. The van der Waals surface area contributed by atoms with Crippen LogP contribution in [0.5, 0.6) is 0 Å².